The van der Waals surface area contributed by atoms with E-state index in [-0.39, 0.29) is 0 Å². The number of aromatic nitrogens is 1. The van der Waals surface area contributed by atoms with Gasteiger partial charge in [0.15, 0.2) is 18.9 Å². The number of benzene rings is 5. The molecule has 0 unspecified atom stereocenters. The summed E-state index contributed by atoms with van der Waals surface area (Å²) in [4.78, 5) is 0. The normalized spacial score (nSPS) is 13.5. The van der Waals surface area contributed by atoms with Crippen LogP contribution in [-0.2, 0) is 56.0 Å². The van der Waals surface area contributed by atoms with Crippen LogP contribution in [0.1, 0.15) is 50.1 Å². The summed E-state index contributed by atoms with van der Waals surface area (Å²) >= 11 is 0. The molecule has 1 aromatic heterocycles. The number of halogens is 24. The van der Waals surface area contributed by atoms with Crippen molar-refractivity contribution in [3.05, 3.63) is 178 Å². The quantitative estimate of drug-likeness (QED) is 0.100. The average molecular weight is 1050 g/mol. The molecule has 0 atom stereocenters. The molecule has 0 aliphatic heterocycles. The van der Waals surface area contributed by atoms with Gasteiger partial charge in [-0.25, -0.2) is 4.57 Å². The fraction of sp³-hybridized carbons (Fsp3) is 0.205. The number of hydrogen-bond donors (Lipinski definition) is 1. The molecular weight excluding hydrogens is 1030 g/mol. The Morgan fingerprint density at radius 2 is 0.521 bits per heavy atom. The number of aromatic hydroxyl groups is 1. The number of nitrogens with zero attached hydrogens (tertiary/aromatic N) is 1. The van der Waals surface area contributed by atoms with Crippen LogP contribution in [0.3, 0.4) is 0 Å². The highest BCUT2D eigenvalue weighted by molar-refractivity contribution is 7.20. The topological polar surface area (TPSA) is 24.1 Å². The van der Waals surface area contributed by atoms with E-state index in [4.69, 9.17) is 5.11 Å². The fourth-order valence-electron chi connectivity index (χ4n) is 7.42. The summed E-state index contributed by atoms with van der Waals surface area (Å²) in [7, 11) is 0. The molecule has 0 radical (unpaired) electrons. The first-order chi connectivity index (χ1) is 32.1. The molecule has 0 aliphatic rings. The highest BCUT2D eigenvalue weighted by atomic mass is 19.4. The van der Waals surface area contributed by atoms with E-state index in [0.29, 0.717) is 5.75 Å². The zero-order valence-electron chi connectivity index (χ0n) is 34.4. The molecule has 0 saturated heterocycles. The van der Waals surface area contributed by atoms with Crippen LogP contribution in [0.15, 0.2) is 128 Å². The standard InChI is InChI=1S/C32H12BF24.C12H11NO/c34-25(35,36)13-1-14(26(37,38)39)6-21(5-13)33(22-7-15(27(40,41)42)2-16(8-22)28(43,44)45,23-9-17(29(46,47)48)3-18(10-23)30(49,50)51)24-11-19(31(52,53)54)4-20(12-24)32(55,56)57;14-12-6-8-13(9-7-12)10-11-4-2-1-3-5-11/h1-12H;1-9H,10H2/q-1;/p+1. The molecule has 6 aromatic rings. The van der Waals surface area contributed by atoms with E-state index in [2.05, 4.69) is 12.1 Å². The van der Waals surface area contributed by atoms with E-state index in [1.165, 1.54) is 5.56 Å². The van der Waals surface area contributed by atoms with Gasteiger partial charge in [-0.3, -0.25) is 0 Å². The summed E-state index contributed by atoms with van der Waals surface area (Å²) in [6.07, 6.45) is -51.1. The Hall–Kier alpha value is -6.57. The molecule has 6 rings (SSSR count). The lowest BCUT2D eigenvalue weighted by Crippen LogP contribution is -2.75. The van der Waals surface area contributed by atoms with Crippen molar-refractivity contribution < 1.29 is 115 Å². The third kappa shape index (κ3) is 13.1. The van der Waals surface area contributed by atoms with Crippen molar-refractivity contribution in [3.8, 4) is 5.75 Å². The molecular formula is C44H24BF24NO. The van der Waals surface area contributed by atoms with Gasteiger partial charge in [-0.05, 0) is 24.3 Å². The van der Waals surface area contributed by atoms with E-state index < -0.39 is 195 Å². The predicted molar refractivity (Wildman–Crippen MR) is 204 cm³/mol. The van der Waals surface area contributed by atoms with Gasteiger partial charge in [0.2, 0.25) is 0 Å². The fourth-order valence-corrected chi connectivity index (χ4v) is 7.42. The summed E-state index contributed by atoms with van der Waals surface area (Å²) in [5, 5.41) is 9.11. The summed E-state index contributed by atoms with van der Waals surface area (Å²) in [5.74, 6) is 0.300. The minimum absolute atomic E-state index is 0.300. The second kappa shape index (κ2) is 18.9. The minimum atomic E-state index is -6.13. The van der Waals surface area contributed by atoms with Gasteiger partial charge in [-0.2, -0.15) is 127 Å². The molecule has 0 saturated carbocycles. The Balaban J connectivity index is 0.000000569. The van der Waals surface area contributed by atoms with Gasteiger partial charge in [0, 0.05) is 17.7 Å². The van der Waals surface area contributed by atoms with Crippen molar-refractivity contribution >= 4 is 28.0 Å². The molecule has 5 aromatic carbocycles. The maximum absolute atomic E-state index is 14.2. The molecule has 27 heteroatoms. The van der Waals surface area contributed by atoms with Crippen LogP contribution >= 0.6 is 0 Å². The summed E-state index contributed by atoms with van der Waals surface area (Å²) in [6, 6.07) is 4.78. The smallest absolute Gasteiger partial charge is 0.416 e. The second-order valence-electron chi connectivity index (χ2n) is 15.4. The van der Waals surface area contributed by atoms with Gasteiger partial charge >= 0.3 is 49.4 Å². The second-order valence-corrected chi connectivity index (χ2v) is 15.4. The zero-order chi connectivity index (χ0) is 53.7. The highest BCUT2D eigenvalue weighted by Gasteiger charge is 2.47. The predicted octanol–water partition coefficient (Wildman–Crippen LogP) is 12.9. The van der Waals surface area contributed by atoms with E-state index >= 15 is 0 Å². The van der Waals surface area contributed by atoms with Crippen molar-refractivity contribution in [2.24, 2.45) is 0 Å². The SMILES string of the molecule is FC(F)(F)c1cc([B-](c2cc(C(F)(F)F)cc(C(F)(F)F)c2)(c2cc(C(F)(F)F)cc(C(F)(F)F)c2)c2cc(C(F)(F)F)cc(C(F)(F)F)c2)cc(C(F)(F)F)c1.Oc1cc[n+](Cc2ccccc2)cc1. The van der Waals surface area contributed by atoms with Gasteiger partial charge in [-0.1, -0.05) is 78.9 Å². The summed E-state index contributed by atoms with van der Waals surface area (Å²) in [5.41, 5.74) is -29.0. The van der Waals surface area contributed by atoms with Gasteiger partial charge in [-0.15, -0.1) is 0 Å². The third-order valence-corrected chi connectivity index (χ3v) is 10.5. The van der Waals surface area contributed by atoms with Gasteiger partial charge in [0.1, 0.15) is 11.9 Å². The highest BCUT2D eigenvalue weighted by Crippen LogP contribution is 2.41. The molecule has 71 heavy (non-hydrogen) atoms. The Morgan fingerprint density at radius 1 is 0.310 bits per heavy atom. The Bertz CT molecular complexity index is 2400. The van der Waals surface area contributed by atoms with Crippen LogP contribution in [0.5, 0.6) is 5.75 Å². The monoisotopic (exact) mass is 1050 g/mol. The summed E-state index contributed by atoms with van der Waals surface area (Å²) < 4.78 is 343. The van der Waals surface area contributed by atoms with E-state index in [0.717, 1.165) is 6.54 Å². The lowest BCUT2D eigenvalue weighted by Gasteiger charge is -2.46. The number of rotatable bonds is 6. The lowest BCUT2D eigenvalue weighted by atomic mass is 9.12. The number of alkyl halides is 24. The maximum Gasteiger partial charge on any atom is 0.416 e. The molecule has 2 nitrogen and oxygen atoms in total. The van der Waals surface area contributed by atoms with E-state index in [1.807, 2.05) is 35.2 Å². The average Bonchev–Trinajstić information content (AvgIpc) is 3.22. The van der Waals surface area contributed by atoms with Crippen molar-refractivity contribution in [1.29, 1.82) is 0 Å². The van der Waals surface area contributed by atoms with E-state index in [1.54, 1.807) is 12.1 Å². The first-order valence-corrected chi connectivity index (χ1v) is 19.2. The first-order valence-electron chi connectivity index (χ1n) is 19.2. The molecule has 0 bridgehead atoms. The molecule has 0 fully saturated rings. The first kappa shape index (κ1) is 55.4. The molecule has 1 heterocycles. The third-order valence-electron chi connectivity index (χ3n) is 10.5. The molecule has 0 spiro atoms. The lowest BCUT2D eigenvalue weighted by molar-refractivity contribution is -0.688. The van der Waals surface area contributed by atoms with Crippen molar-refractivity contribution in [2.75, 3.05) is 0 Å². The van der Waals surface area contributed by atoms with Crippen molar-refractivity contribution in [3.63, 3.8) is 0 Å². The van der Waals surface area contributed by atoms with Gasteiger partial charge in [0.25, 0.3) is 0 Å². The van der Waals surface area contributed by atoms with Crippen LogP contribution in [0.25, 0.3) is 0 Å². The maximum atomic E-state index is 14.2. The van der Waals surface area contributed by atoms with Crippen LogP contribution in [0.2, 0.25) is 0 Å². The number of pyridine rings is 1. The van der Waals surface area contributed by atoms with Crippen LogP contribution in [0, 0.1) is 0 Å². The molecule has 1 N–H and O–H groups in total. The largest absolute Gasteiger partial charge is 0.507 e. The van der Waals surface area contributed by atoms with Crippen LogP contribution in [-0.4, -0.2) is 11.3 Å². The van der Waals surface area contributed by atoms with Crippen LogP contribution in [0.4, 0.5) is 105 Å². The summed E-state index contributed by atoms with van der Waals surface area (Å²) in [6.45, 7) is 0.834. The van der Waals surface area contributed by atoms with Gasteiger partial charge in [0.05, 0.1) is 44.5 Å². The number of hydrogen-bond acceptors (Lipinski definition) is 1. The van der Waals surface area contributed by atoms with Crippen LogP contribution < -0.4 is 26.4 Å². The Kier molecular flexibility index (Phi) is 14.7. The molecule has 382 valence electrons. The Morgan fingerprint density at radius 3 is 0.718 bits per heavy atom. The van der Waals surface area contributed by atoms with E-state index in [9.17, 15) is 105 Å². The van der Waals surface area contributed by atoms with Crippen molar-refractivity contribution in [1.82, 2.24) is 0 Å². The minimum Gasteiger partial charge on any atom is -0.507 e. The van der Waals surface area contributed by atoms with Gasteiger partial charge < -0.3 is 5.11 Å². The molecule has 0 amide bonds. The van der Waals surface area contributed by atoms with Crippen molar-refractivity contribution in [2.45, 2.75) is 56.0 Å². The molecule has 0 aliphatic carbocycles. The Labute approximate surface area is 382 Å². The zero-order valence-corrected chi connectivity index (χ0v) is 34.4.